The minimum atomic E-state index is -0.185. The number of anilines is 3. The molecule has 4 rings (SSSR count). The number of piperidine rings is 1. The zero-order chi connectivity index (χ0) is 23.5. The minimum absolute atomic E-state index is 0.152. The molecule has 0 aliphatic carbocycles. The summed E-state index contributed by atoms with van der Waals surface area (Å²) in [4.78, 5) is 16.7. The maximum Gasteiger partial charge on any atom is 0.232 e. The fourth-order valence-corrected chi connectivity index (χ4v) is 5.08. The van der Waals surface area contributed by atoms with Crippen molar-refractivity contribution in [2.45, 2.75) is 70.7 Å². The molecule has 7 nitrogen and oxygen atoms in total. The van der Waals surface area contributed by atoms with Crippen LogP contribution in [-0.4, -0.2) is 32.1 Å². The van der Waals surface area contributed by atoms with Crippen molar-refractivity contribution < 1.29 is 0 Å². The van der Waals surface area contributed by atoms with E-state index in [9.17, 15) is 0 Å². The number of benzene rings is 2. The quantitative estimate of drug-likeness (QED) is 0.490. The summed E-state index contributed by atoms with van der Waals surface area (Å²) >= 11 is 0. The van der Waals surface area contributed by atoms with E-state index in [0.29, 0.717) is 30.9 Å². The van der Waals surface area contributed by atoms with Gasteiger partial charge in [0.05, 0.1) is 0 Å². The van der Waals surface area contributed by atoms with Gasteiger partial charge in [-0.05, 0) is 51.7 Å². The first-order valence-electron chi connectivity index (χ1n) is 11.6. The van der Waals surface area contributed by atoms with Crippen molar-refractivity contribution >= 4 is 17.8 Å². The number of aromatic nitrogens is 3. The molecular formula is C26H35N7. The normalized spacial score (nSPS) is 17.5. The first-order chi connectivity index (χ1) is 15.7. The monoisotopic (exact) mass is 445 g/mol. The van der Waals surface area contributed by atoms with E-state index in [1.807, 2.05) is 36.4 Å². The molecule has 0 amide bonds. The molecule has 1 aliphatic heterocycles. The van der Waals surface area contributed by atoms with Crippen molar-refractivity contribution in [3.05, 3.63) is 71.8 Å². The third-order valence-corrected chi connectivity index (χ3v) is 6.14. The van der Waals surface area contributed by atoms with Crippen LogP contribution in [0, 0.1) is 0 Å². The Morgan fingerprint density at radius 3 is 1.61 bits per heavy atom. The van der Waals surface area contributed by atoms with Gasteiger partial charge in [-0.3, -0.25) is 0 Å². The molecular weight excluding hydrogens is 410 g/mol. The minimum Gasteiger partial charge on any atom is -0.350 e. The Balaban J connectivity index is 1.65. The fourth-order valence-electron chi connectivity index (χ4n) is 5.08. The molecule has 0 spiro atoms. The largest absolute Gasteiger partial charge is 0.350 e. The van der Waals surface area contributed by atoms with Gasteiger partial charge in [-0.1, -0.05) is 60.7 Å². The van der Waals surface area contributed by atoms with Crippen LogP contribution in [0.15, 0.2) is 60.7 Å². The lowest BCUT2D eigenvalue weighted by Gasteiger charge is -2.54. The van der Waals surface area contributed by atoms with Crippen LogP contribution in [0.25, 0.3) is 0 Å². The molecule has 4 N–H and O–H groups in total. The molecule has 3 aromatic rings. The van der Waals surface area contributed by atoms with E-state index < -0.39 is 0 Å². The predicted molar refractivity (Wildman–Crippen MR) is 135 cm³/mol. The number of nitrogens with one attached hydrogen (secondary N) is 2. The van der Waals surface area contributed by atoms with Crippen LogP contribution >= 0.6 is 0 Å². The molecule has 174 valence electrons. The average molecular weight is 446 g/mol. The molecule has 7 heteroatoms. The van der Waals surface area contributed by atoms with Crippen LogP contribution in [0.2, 0.25) is 0 Å². The summed E-state index contributed by atoms with van der Waals surface area (Å²) in [6, 6.07) is 20.7. The molecule has 0 atom stereocenters. The third-order valence-electron chi connectivity index (χ3n) is 6.14. The summed E-state index contributed by atoms with van der Waals surface area (Å²) in [6.45, 7) is 10.1. The van der Waals surface area contributed by atoms with Crippen molar-refractivity contribution in [2.75, 3.05) is 15.5 Å². The number of hydrogen-bond acceptors (Lipinski definition) is 7. The van der Waals surface area contributed by atoms with Crippen LogP contribution in [0.5, 0.6) is 0 Å². The maximum atomic E-state index is 6.41. The molecule has 2 aromatic carbocycles. The first-order valence-corrected chi connectivity index (χ1v) is 11.6. The molecule has 2 heterocycles. The van der Waals surface area contributed by atoms with Gasteiger partial charge in [0.2, 0.25) is 17.8 Å². The number of nitrogens with two attached hydrogens (primary N) is 1. The predicted octanol–water partition coefficient (Wildman–Crippen LogP) is 4.58. The van der Waals surface area contributed by atoms with Gasteiger partial charge < -0.3 is 21.3 Å². The molecule has 1 saturated heterocycles. The van der Waals surface area contributed by atoms with E-state index in [2.05, 4.69) is 72.5 Å². The van der Waals surface area contributed by atoms with Gasteiger partial charge >= 0.3 is 0 Å². The van der Waals surface area contributed by atoms with Crippen LogP contribution in [0.4, 0.5) is 17.8 Å². The van der Waals surface area contributed by atoms with Gasteiger partial charge in [0.15, 0.2) is 0 Å². The van der Waals surface area contributed by atoms with Gasteiger partial charge in [0, 0.05) is 30.2 Å². The van der Waals surface area contributed by atoms with E-state index in [4.69, 9.17) is 15.7 Å². The molecule has 0 radical (unpaired) electrons. The molecule has 0 unspecified atom stereocenters. The van der Waals surface area contributed by atoms with E-state index in [-0.39, 0.29) is 17.1 Å². The number of nitrogens with zero attached hydrogens (tertiary/aromatic N) is 4. The Morgan fingerprint density at radius 1 is 0.758 bits per heavy atom. The fraction of sp³-hybridized carbons (Fsp3) is 0.423. The van der Waals surface area contributed by atoms with Crippen molar-refractivity contribution in [3.63, 3.8) is 0 Å². The maximum absolute atomic E-state index is 6.41. The highest BCUT2D eigenvalue weighted by atomic mass is 15.4. The van der Waals surface area contributed by atoms with Gasteiger partial charge in [0.25, 0.3) is 0 Å². The second-order valence-corrected chi connectivity index (χ2v) is 10.1. The van der Waals surface area contributed by atoms with Crippen LogP contribution in [-0.2, 0) is 13.1 Å². The Morgan fingerprint density at radius 2 is 1.18 bits per heavy atom. The zero-order valence-corrected chi connectivity index (χ0v) is 20.0. The Bertz CT molecular complexity index is 971. The van der Waals surface area contributed by atoms with E-state index >= 15 is 0 Å². The van der Waals surface area contributed by atoms with E-state index in [1.54, 1.807) is 0 Å². The smallest absolute Gasteiger partial charge is 0.232 e. The first kappa shape index (κ1) is 23.0. The number of hydrogen-bond donors (Lipinski definition) is 3. The highest BCUT2D eigenvalue weighted by Crippen LogP contribution is 2.40. The molecule has 0 saturated carbocycles. The summed E-state index contributed by atoms with van der Waals surface area (Å²) in [5.41, 5.74) is 8.38. The van der Waals surface area contributed by atoms with Crippen molar-refractivity contribution in [3.8, 4) is 0 Å². The van der Waals surface area contributed by atoms with Crippen LogP contribution in [0.3, 0.4) is 0 Å². The Labute approximate surface area is 196 Å². The summed E-state index contributed by atoms with van der Waals surface area (Å²) < 4.78 is 0. The van der Waals surface area contributed by atoms with Gasteiger partial charge in [-0.2, -0.15) is 15.0 Å². The summed E-state index contributed by atoms with van der Waals surface area (Å²) in [5.74, 6) is 1.78. The molecule has 1 aromatic heterocycles. The lowest BCUT2D eigenvalue weighted by molar-refractivity contribution is 0.216. The standard InChI is InChI=1S/C26H35N7/c1-25(2)15-21(27)16-26(3,4)33(25)24-31-22(28-17-19-11-7-5-8-12-19)30-23(32-24)29-18-20-13-9-6-10-14-20/h5-14,21H,15-18,27H2,1-4H3,(H2,28,29,30,31,32). The van der Waals surface area contributed by atoms with Gasteiger partial charge in [-0.15, -0.1) is 0 Å². The third kappa shape index (κ3) is 5.60. The zero-order valence-electron chi connectivity index (χ0n) is 20.0. The molecule has 33 heavy (non-hydrogen) atoms. The lowest BCUT2D eigenvalue weighted by Crippen LogP contribution is -2.64. The molecule has 0 bridgehead atoms. The Hall–Kier alpha value is -3.19. The highest BCUT2D eigenvalue weighted by Gasteiger charge is 2.46. The van der Waals surface area contributed by atoms with E-state index in [0.717, 1.165) is 12.8 Å². The molecule has 1 aliphatic rings. The summed E-state index contributed by atoms with van der Waals surface area (Å²) in [5, 5.41) is 6.78. The Kier molecular flexibility index (Phi) is 6.51. The van der Waals surface area contributed by atoms with Gasteiger partial charge in [-0.25, -0.2) is 0 Å². The van der Waals surface area contributed by atoms with Crippen molar-refractivity contribution in [1.29, 1.82) is 0 Å². The van der Waals surface area contributed by atoms with E-state index in [1.165, 1.54) is 11.1 Å². The highest BCUT2D eigenvalue weighted by molar-refractivity contribution is 5.49. The summed E-state index contributed by atoms with van der Waals surface area (Å²) in [7, 11) is 0. The second kappa shape index (κ2) is 9.35. The van der Waals surface area contributed by atoms with Crippen molar-refractivity contribution in [1.82, 2.24) is 15.0 Å². The second-order valence-electron chi connectivity index (χ2n) is 10.1. The average Bonchev–Trinajstić information content (AvgIpc) is 2.76. The van der Waals surface area contributed by atoms with Gasteiger partial charge in [0.1, 0.15) is 0 Å². The summed E-state index contributed by atoms with van der Waals surface area (Å²) in [6.07, 6.45) is 1.75. The van der Waals surface area contributed by atoms with Crippen LogP contribution in [0.1, 0.15) is 51.7 Å². The van der Waals surface area contributed by atoms with Crippen LogP contribution < -0.4 is 21.3 Å². The number of rotatable bonds is 7. The topological polar surface area (TPSA) is 92.0 Å². The lowest BCUT2D eigenvalue weighted by atomic mass is 9.77. The SMILES string of the molecule is CC1(C)CC(N)CC(C)(C)N1c1nc(NCc2ccccc2)nc(NCc2ccccc2)n1. The van der Waals surface area contributed by atoms with Crippen molar-refractivity contribution in [2.24, 2.45) is 5.73 Å². The molecule has 1 fully saturated rings.